The number of anilines is 1. The number of aromatic nitrogens is 4. The Morgan fingerprint density at radius 1 is 1.48 bits per heavy atom. The van der Waals surface area contributed by atoms with Crippen LogP contribution in [0.2, 0.25) is 0 Å². The van der Waals surface area contributed by atoms with Gasteiger partial charge in [-0.2, -0.15) is 5.10 Å². The van der Waals surface area contributed by atoms with Gasteiger partial charge in [-0.1, -0.05) is 0 Å². The van der Waals surface area contributed by atoms with Crippen molar-refractivity contribution in [2.75, 3.05) is 26.1 Å². The van der Waals surface area contributed by atoms with E-state index in [1.54, 1.807) is 36.4 Å². The molecule has 2 rings (SSSR count). The summed E-state index contributed by atoms with van der Waals surface area (Å²) in [5, 5.41) is 4.22. The van der Waals surface area contributed by atoms with E-state index in [1.165, 1.54) is 0 Å². The summed E-state index contributed by atoms with van der Waals surface area (Å²) < 4.78 is 13.4. The number of hydrogen-bond acceptors (Lipinski definition) is 6. The van der Waals surface area contributed by atoms with E-state index in [-0.39, 0.29) is 18.1 Å². The van der Waals surface area contributed by atoms with Crippen molar-refractivity contribution < 1.29 is 14.3 Å². The zero-order chi connectivity index (χ0) is 15.4. The fourth-order valence-electron chi connectivity index (χ4n) is 2.00. The molecule has 0 atom stereocenters. The number of ether oxygens (including phenoxy) is 2. The number of carbonyl (C=O) groups is 1. The smallest absolute Gasteiger partial charge is 0.360 e. The third-order valence-electron chi connectivity index (χ3n) is 2.95. The van der Waals surface area contributed by atoms with Crippen molar-refractivity contribution in [3.8, 4) is 5.69 Å². The fraction of sp³-hybridized carbons (Fsp3) is 0.462. The summed E-state index contributed by atoms with van der Waals surface area (Å²) in [5.41, 5.74) is 6.88. The SMILES string of the molecule is CCOC(=O)c1nc(C)n(-c2cnn(CCOC)c2)c1N. The Morgan fingerprint density at radius 3 is 2.90 bits per heavy atom. The summed E-state index contributed by atoms with van der Waals surface area (Å²) in [6.45, 7) is 4.98. The predicted molar refractivity (Wildman–Crippen MR) is 76.3 cm³/mol. The summed E-state index contributed by atoms with van der Waals surface area (Å²) in [4.78, 5) is 16.0. The van der Waals surface area contributed by atoms with Crippen LogP contribution < -0.4 is 5.73 Å². The van der Waals surface area contributed by atoms with Crippen molar-refractivity contribution in [3.05, 3.63) is 23.9 Å². The summed E-state index contributed by atoms with van der Waals surface area (Å²) in [7, 11) is 1.63. The van der Waals surface area contributed by atoms with Crippen LogP contribution in [0.3, 0.4) is 0 Å². The molecular formula is C13H19N5O3. The maximum Gasteiger partial charge on any atom is 0.360 e. The molecule has 2 aromatic rings. The van der Waals surface area contributed by atoms with Gasteiger partial charge in [0, 0.05) is 13.3 Å². The van der Waals surface area contributed by atoms with Crippen LogP contribution >= 0.6 is 0 Å². The molecule has 0 aliphatic carbocycles. The topological polar surface area (TPSA) is 97.2 Å². The van der Waals surface area contributed by atoms with Crippen LogP contribution in [0.15, 0.2) is 12.4 Å². The lowest BCUT2D eigenvalue weighted by molar-refractivity contribution is 0.0521. The average molecular weight is 293 g/mol. The zero-order valence-corrected chi connectivity index (χ0v) is 12.4. The van der Waals surface area contributed by atoms with Gasteiger partial charge in [0.05, 0.1) is 31.6 Å². The number of imidazole rings is 1. The van der Waals surface area contributed by atoms with Gasteiger partial charge < -0.3 is 15.2 Å². The second-order valence-corrected chi connectivity index (χ2v) is 4.40. The summed E-state index contributed by atoms with van der Waals surface area (Å²) in [6.07, 6.45) is 3.48. The van der Waals surface area contributed by atoms with E-state index in [0.29, 0.717) is 19.0 Å². The molecule has 21 heavy (non-hydrogen) atoms. The molecule has 0 radical (unpaired) electrons. The molecule has 0 aliphatic heterocycles. The highest BCUT2D eigenvalue weighted by Crippen LogP contribution is 2.20. The quantitative estimate of drug-likeness (QED) is 0.791. The first-order chi connectivity index (χ1) is 10.1. The highest BCUT2D eigenvalue weighted by Gasteiger charge is 2.21. The lowest BCUT2D eigenvalue weighted by Gasteiger charge is -2.04. The van der Waals surface area contributed by atoms with Gasteiger partial charge in [-0.25, -0.2) is 9.78 Å². The van der Waals surface area contributed by atoms with Crippen molar-refractivity contribution in [1.29, 1.82) is 0 Å². The van der Waals surface area contributed by atoms with Gasteiger partial charge in [0.25, 0.3) is 0 Å². The van der Waals surface area contributed by atoms with Crippen LogP contribution in [-0.2, 0) is 16.0 Å². The Hall–Kier alpha value is -2.35. The van der Waals surface area contributed by atoms with E-state index < -0.39 is 5.97 Å². The molecule has 0 spiro atoms. The molecule has 0 aromatic carbocycles. The van der Waals surface area contributed by atoms with E-state index >= 15 is 0 Å². The molecule has 0 aliphatic rings. The van der Waals surface area contributed by atoms with Crippen LogP contribution in [0, 0.1) is 6.92 Å². The maximum absolute atomic E-state index is 11.8. The molecule has 2 aromatic heterocycles. The number of aryl methyl sites for hydroxylation is 1. The lowest BCUT2D eigenvalue weighted by Crippen LogP contribution is -2.09. The monoisotopic (exact) mass is 293 g/mol. The number of carbonyl (C=O) groups excluding carboxylic acids is 1. The molecule has 0 saturated heterocycles. The Labute approximate surface area is 122 Å². The third-order valence-corrected chi connectivity index (χ3v) is 2.95. The molecule has 2 heterocycles. The highest BCUT2D eigenvalue weighted by atomic mass is 16.5. The Morgan fingerprint density at radius 2 is 2.24 bits per heavy atom. The molecule has 114 valence electrons. The van der Waals surface area contributed by atoms with Gasteiger partial charge in [0.1, 0.15) is 11.6 Å². The molecule has 8 heteroatoms. The van der Waals surface area contributed by atoms with E-state index in [1.807, 2.05) is 6.20 Å². The van der Waals surface area contributed by atoms with Crippen LogP contribution in [-0.4, -0.2) is 45.6 Å². The zero-order valence-electron chi connectivity index (χ0n) is 12.4. The van der Waals surface area contributed by atoms with E-state index in [0.717, 1.165) is 5.69 Å². The first-order valence-corrected chi connectivity index (χ1v) is 6.62. The van der Waals surface area contributed by atoms with Crippen LogP contribution in [0.25, 0.3) is 5.69 Å². The molecule has 2 N–H and O–H groups in total. The van der Waals surface area contributed by atoms with Crippen molar-refractivity contribution in [2.24, 2.45) is 0 Å². The Bertz CT molecular complexity index is 632. The van der Waals surface area contributed by atoms with Crippen LogP contribution in [0.1, 0.15) is 23.2 Å². The average Bonchev–Trinajstić information content (AvgIpc) is 3.01. The number of nitrogens with zero attached hydrogens (tertiary/aromatic N) is 4. The molecule has 0 bridgehead atoms. The number of nitrogens with two attached hydrogens (primary N) is 1. The van der Waals surface area contributed by atoms with Gasteiger partial charge >= 0.3 is 5.97 Å². The summed E-state index contributed by atoms with van der Waals surface area (Å²) in [5.74, 6) is 0.322. The van der Waals surface area contributed by atoms with Gasteiger partial charge in [0.15, 0.2) is 5.69 Å². The van der Waals surface area contributed by atoms with E-state index in [9.17, 15) is 4.79 Å². The minimum Gasteiger partial charge on any atom is -0.461 e. The molecule has 0 unspecified atom stereocenters. The van der Waals surface area contributed by atoms with Gasteiger partial charge in [-0.15, -0.1) is 0 Å². The molecular weight excluding hydrogens is 274 g/mol. The minimum absolute atomic E-state index is 0.124. The summed E-state index contributed by atoms with van der Waals surface area (Å²) in [6, 6.07) is 0. The van der Waals surface area contributed by atoms with Gasteiger partial charge in [0.2, 0.25) is 0 Å². The normalized spacial score (nSPS) is 10.8. The van der Waals surface area contributed by atoms with Crippen LogP contribution in [0.5, 0.6) is 0 Å². The summed E-state index contributed by atoms with van der Waals surface area (Å²) >= 11 is 0. The van der Waals surface area contributed by atoms with Gasteiger partial charge in [-0.05, 0) is 13.8 Å². The Kier molecular flexibility index (Phi) is 4.59. The second-order valence-electron chi connectivity index (χ2n) is 4.40. The first-order valence-electron chi connectivity index (χ1n) is 6.62. The highest BCUT2D eigenvalue weighted by molar-refractivity contribution is 5.92. The second kappa shape index (κ2) is 6.40. The maximum atomic E-state index is 11.8. The van der Waals surface area contributed by atoms with Crippen molar-refractivity contribution in [1.82, 2.24) is 19.3 Å². The number of methoxy groups -OCH3 is 1. The number of esters is 1. The predicted octanol–water partition coefficient (Wildman–Crippen LogP) is 0.783. The molecule has 0 fully saturated rings. The Balaban J connectivity index is 2.31. The fourth-order valence-corrected chi connectivity index (χ4v) is 2.00. The van der Waals surface area contributed by atoms with E-state index in [4.69, 9.17) is 15.2 Å². The largest absolute Gasteiger partial charge is 0.461 e. The minimum atomic E-state index is -0.524. The van der Waals surface area contributed by atoms with Gasteiger partial charge in [-0.3, -0.25) is 9.25 Å². The van der Waals surface area contributed by atoms with Crippen molar-refractivity contribution in [2.45, 2.75) is 20.4 Å². The first kappa shape index (κ1) is 15.0. The molecule has 8 nitrogen and oxygen atoms in total. The number of rotatable bonds is 6. The number of hydrogen-bond donors (Lipinski definition) is 1. The van der Waals surface area contributed by atoms with Crippen molar-refractivity contribution >= 4 is 11.8 Å². The van der Waals surface area contributed by atoms with Crippen molar-refractivity contribution in [3.63, 3.8) is 0 Å². The molecule has 0 saturated carbocycles. The third kappa shape index (κ3) is 3.05. The molecule has 0 amide bonds. The van der Waals surface area contributed by atoms with E-state index in [2.05, 4.69) is 10.1 Å². The van der Waals surface area contributed by atoms with Crippen LogP contribution in [0.4, 0.5) is 5.82 Å². The standard InChI is InChI=1S/C13H19N5O3/c1-4-21-13(19)11-12(14)18(9(2)16-11)10-7-15-17(8-10)5-6-20-3/h7-8H,4-6,14H2,1-3H3. The lowest BCUT2D eigenvalue weighted by atomic mass is 10.4. The number of nitrogen functional groups attached to an aromatic ring is 1.